The summed E-state index contributed by atoms with van der Waals surface area (Å²) in [6.45, 7) is 12.4. The number of hydrogen-bond donors (Lipinski definition) is 0. The second kappa shape index (κ2) is 12.3. The average molecular weight is 578 g/mol. The molecule has 1 aliphatic heterocycles. The Labute approximate surface area is 235 Å². The van der Waals surface area contributed by atoms with Crippen molar-refractivity contribution in [3.8, 4) is 5.69 Å². The van der Waals surface area contributed by atoms with Crippen molar-refractivity contribution in [1.29, 1.82) is 0 Å². The number of sulfonamides is 1. The molecule has 0 radical (unpaired) electrons. The molecule has 1 aliphatic rings. The van der Waals surface area contributed by atoms with Crippen molar-refractivity contribution in [2.45, 2.75) is 51.7 Å². The van der Waals surface area contributed by atoms with Crippen LogP contribution in [0.5, 0.6) is 0 Å². The van der Waals surface area contributed by atoms with E-state index in [1.807, 2.05) is 55.8 Å². The SMILES string of the molecule is CCN1CCN(c2c(CN(CCC(C)C)S(=O)(=O)c3cccc(C(F)(F)F)c3)c(C)nn2-c2ccccc2)CC1. The van der Waals surface area contributed by atoms with E-state index in [4.69, 9.17) is 5.10 Å². The fraction of sp³-hybridized carbons (Fsp3) is 0.483. The quantitative estimate of drug-likeness (QED) is 0.315. The molecule has 0 aliphatic carbocycles. The highest BCUT2D eigenvalue weighted by molar-refractivity contribution is 7.89. The fourth-order valence-electron chi connectivity index (χ4n) is 4.93. The Bertz CT molecular complexity index is 1380. The van der Waals surface area contributed by atoms with Gasteiger partial charge in [0.15, 0.2) is 0 Å². The van der Waals surface area contributed by atoms with Gasteiger partial charge in [0, 0.05) is 44.8 Å². The third-order valence-electron chi connectivity index (χ3n) is 7.37. The van der Waals surface area contributed by atoms with Crippen molar-refractivity contribution in [3.63, 3.8) is 0 Å². The number of alkyl halides is 3. The molecule has 0 amide bonds. The minimum Gasteiger partial charge on any atom is -0.354 e. The van der Waals surface area contributed by atoms with Crippen molar-refractivity contribution in [1.82, 2.24) is 19.0 Å². The molecule has 1 saturated heterocycles. The van der Waals surface area contributed by atoms with Crippen molar-refractivity contribution in [2.24, 2.45) is 5.92 Å². The van der Waals surface area contributed by atoms with Gasteiger partial charge in [-0.15, -0.1) is 0 Å². The van der Waals surface area contributed by atoms with Crippen LogP contribution in [0.4, 0.5) is 19.0 Å². The van der Waals surface area contributed by atoms with Crippen LogP contribution < -0.4 is 4.90 Å². The standard InChI is InChI=1S/C29H38F3N5O2S/c1-5-34-16-18-35(19-17-34)28-27(23(4)33-37(28)25-11-7-6-8-12-25)21-36(15-14-22(2)3)40(38,39)26-13-9-10-24(20-26)29(30,31)32/h6-13,20,22H,5,14-19,21H2,1-4H3. The molecule has 1 aromatic heterocycles. The third kappa shape index (κ3) is 6.70. The van der Waals surface area contributed by atoms with Crippen molar-refractivity contribution < 1.29 is 21.6 Å². The lowest BCUT2D eigenvalue weighted by molar-refractivity contribution is -0.137. The molecule has 0 atom stereocenters. The molecule has 11 heteroatoms. The second-order valence-corrected chi connectivity index (χ2v) is 12.5. The summed E-state index contributed by atoms with van der Waals surface area (Å²) in [5.74, 6) is 1.03. The van der Waals surface area contributed by atoms with Gasteiger partial charge in [0.2, 0.25) is 10.0 Å². The zero-order chi connectivity index (χ0) is 29.1. The summed E-state index contributed by atoms with van der Waals surface area (Å²) >= 11 is 0. The Morgan fingerprint density at radius 1 is 1.00 bits per heavy atom. The van der Waals surface area contributed by atoms with Gasteiger partial charge in [-0.3, -0.25) is 0 Å². The van der Waals surface area contributed by atoms with E-state index in [1.165, 1.54) is 10.4 Å². The van der Waals surface area contributed by atoms with Crippen molar-refractivity contribution in [2.75, 3.05) is 44.2 Å². The van der Waals surface area contributed by atoms with E-state index in [-0.39, 0.29) is 23.9 Å². The first kappa shape index (κ1) is 30.1. The zero-order valence-corrected chi connectivity index (χ0v) is 24.3. The number of hydrogen-bond acceptors (Lipinski definition) is 5. The average Bonchev–Trinajstić information content (AvgIpc) is 3.26. The summed E-state index contributed by atoms with van der Waals surface area (Å²) in [6, 6.07) is 13.7. The predicted molar refractivity (Wildman–Crippen MR) is 151 cm³/mol. The molecule has 2 heterocycles. The number of aryl methyl sites for hydroxylation is 1. The van der Waals surface area contributed by atoms with Crippen LogP contribution in [0.2, 0.25) is 0 Å². The fourth-order valence-corrected chi connectivity index (χ4v) is 6.40. The Morgan fingerprint density at radius 2 is 1.68 bits per heavy atom. The molecule has 3 aromatic rings. The number of benzene rings is 2. The van der Waals surface area contributed by atoms with E-state index in [1.54, 1.807) is 0 Å². The van der Waals surface area contributed by atoms with Crippen LogP contribution in [-0.4, -0.2) is 66.7 Å². The first-order chi connectivity index (χ1) is 18.9. The molecule has 1 fully saturated rings. The molecule has 2 aromatic carbocycles. The van der Waals surface area contributed by atoms with Gasteiger partial charge in [0.1, 0.15) is 5.82 Å². The monoisotopic (exact) mass is 577 g/mol. The Morgan fingerprint density at radius 3 is 2.27 bits per heavy atom. The van der Waals surface area contributed by atoms with Crippen LogP contribution in [0.15, 0.2) is 59.5 Å². The lowest BCUT2D eigenvalue weighted by atomic mass is 10.1. The van der Waals surface area contributed by atoms with Gasteiger partial charge >= 0.3 is 6.18 Å². The van der Waals surface area contributed by atoms with E-state index in [0.29, 0.717) is 12.1 Å². The molecule has 0 bridgehead atoms. The van der Waals surface area contributed by atoms with Crippen molar-refractivity contribution >= 4 is 15.8 Å². The summed E-state index contributed by atoms with van der Waals surface area (Å²) in [5.41, 5.74) is 1.32. The third-order valence-corrected chi connectivity index (χ3v) is 9.21. The van der Waals surface area contributed by atoms with E-state index in [9.17, 15) is 21.6 Å². The Hall–Kier alpha value is -2.89. The number of aromatic nitrogens is 2. The highest BCUT2D eigenvalue weighted by atomic mass is 32.2. The van der Waals surface area contributed by atoms with Gasteiger partial charge in [-0.1, -0.05) is 45.0 Å². The summed E-state index contributed by atoms with van der Waals surface area (Å²) in [7, 11) is -4.24. The number of nitrogens with zero attached hydrogens (tertiary/aromatic N) is 5. The van der Waals surface area contributed by atoms with Gasteiger partial charge in [-0.2, -0.15) is 22.6 Å². The van der Waals surface area contributed by atoms with Crippen LogP contribution in [0.1, 0.15) is 44.0 Å². The molecule has 0 N–H and O–H groups in total. The largest absolute Gasteiger partial charge is 0.416 e. The maximum absolute atomic E-state index is 13.9. The van der Waals surface area contributed by atoms with Gasteiger partial charge in [-0.25, -0.2) is 13.1 Å². The number of rotatable bonds is 10. The van der Waals surface area contributed by atoms with Crippen LogP contribution in [0, 0.1) is 12.8 Å². The van der Waals surface area contributed by atoms with E-state index < -0.39 is 21.8 Å². The number of likely N-dealkylation sites (N-methyl/N-ethyl adjacent to an activating group) is 1. The van der Waals surface area contributed by atoms with Crippen molar-refractivity contribution in [3.05, 3.63) is 71.4 Å². The Balaban J connectivity index is 1.79. The molecule has 7 nitrogen and oxygen atoms in total. The summed E-state index contributed by atoms with van der Waals surface area (Å²) in [6.07, 6.45) is -4.08. The lowest BCUT2D eigenvalue weighted by Crippen LogP contribution is -2.47. The van der Waals surface area contributed by atoms with Gasteiger partial charge in [0.25, 0.3) is 0 Å². The number of halogens is 3. The number of piperazine rings is 1. The highest BCUT2D eigenvalue weighted by Gasteiger charge is 2.34. The maximum Gasteiger partial charge on any atom is 0.416 e. The van der Waals surface area contributed by atoms with E-state index in [0.717, 1.165) is 68.0 Å². The van der Waals surface area contributed by atoms with Gasteiger partial charge in [0.05, 0.1) is 21.8 Å². The first-order valence-corrected chi connectivity index (χ1v) is 15.1. The zero-order valence-electron chi connectivity index (χ0n) is 23.5. The predicted octanol–water partition coefficient (Wildman–Crippen LogP) is 5.58. The summed E-state index contributed by atoms with van der Waals surface area (Å²) in [5, 5.41) is 4.84. The molecule has 0 unspecified atom stereocenters. The van der Waals surface area contributed by atoms with E-state index in [2.05, 4.69) is 16.7 Å². The second-order valence-electron chi connectivity index (χ2n) is 10.6. The summed E-state index contributed by atoms with van der Waals surface area (Å²) < 4.78 is 71.3. The molecule has 40 heavy (non-hydrogen) atoms. The van der Waals surface area contributed by atoms with Crippen LogP contribution in [0.3, 0.4) is 0 Å². The van der Waals surface area contributed by atoms with Crippen LogP contribution >= 0.6 is 0 Å². The van der Waals surface area contributed by atoms with Gasteiger partial charge < -0.3 is 9.80 Å². The number of para-hydroxylation sites is 1. The smallest absolute Gasteiger partial charge is 0.354 e. The maximum atomic E-state index is 13.9. The highest BCUT2D eigenvalue weighted by Crippen LogP contribution is 2.34. The van der Waals surface area contributed by atoms with E-state index >= 15 is 0 Å². The molecule has 4 rings (SSSR count). The molecule has 218 valence electrons. The summed E-state index contributed by atoms with van der Waals surface area (Å²) in [4.78, 5) is 4.24. The van der Waals surface area contributed by atoms with Crippen LogP contribution in [0.25, 0.3) is 5.69 Å². The molecule has 0 saturated carbocycles. The minimum atomic E-state index is -4.64. The topological polar surface area (TPSA) is 61.7 Å². The molecule has 0 spiro atoms. The molecular weight excluding hydrogens is 539 g/mol. The first-order valence-electron chi connectivity index (χ1n) is 13.7. The van der Waals surface area contributed by atoms with Gasteiger partial charge in [-0.05, 0) is 56.1 Å². The normalized spacial score (nSPS) is 15.4. The Kier molecular flexibility index (Phi) is 9.26. The minimum absolute atomic E-state index is 0.00723. The van der Waals surface area contributed by atoms with Crippen LogP contribution in [-0.2, 0) is 22.7 Å². The number of anilines is 1. The molecular formula is C29H38F3N5O2S. The lowest BCUT2D eigenvalue weighted by Gasteiger charge is -2.36.